The van der Waals surface area contributed by atoms with Gasteiger partial charge < -0.3 is 5.32 Å². The minimum atomic E-state index is 0.163. The Hall–Kier alpha value is -0.970. The quantitative estimate of drug-likeness (QED) is 0.898. The summed E-state index contributed by atoms with van der Waals surface area (Å²) in [6.45, 7) is 2.04. The zero-order valence-electron chi connectivity index (χ0n) is 9.98. The molecule has 0 spiro atoms. The van der Waals surface area contributed by atoms with Gasteiger partial charge in [0.25, 0.3) is 0 Å². The van der Waals surface area contributed by atoms with E-state index in [0.717, 1.165) is 23.8 Å². The number of rotatable bonds is 3. The summed E-state index contributed by atoms with van der Waals surface area (Å²) in [5, 5.41) is 12.6. The standard InChI is InChI=1S/C12H17N3OS/c1-2-10-14-15-12(17-10)13-11(16)9-6-7-3-4-8(9)5-7/h7-9H,2-6H2,1H3,(H,13,15,16)/t7-,8+,9-/m0/s1. The molecule has 1 amide bonds. The maximum Gasteiger partial charge on any atom is 0.229 e. The molecule has 3 rings (SSSR count). The number of carbonyl (C=O) groups excluding carboxylic acids is 1. The molecule has 92 valence electrons. The lowest BCUT2D eigenvalue weighted by molar-refractivity contribution is -0.121. The van der Waals surface area contributed by atoms with Crippen LogP contribution in [0.3, 0.4) is 0 Å². The molecule has 0 radical (unpaired) electrons. The van der Waals surface area contributed by atoms with E-state index in [1.165, 1.54) is 30.6 Å². The van der Waals surface area contributed by atoms with Gasteiger partial charge >= 0.3 is 0 Å². The summed E-state index contributed by atoms with van der Waals surface area (Å²) in [5.41, 5.74) is 0. The lowest BCUT2D eigenvalue weighted by Crippen LogP contribution is -2.27. The van der Waals surface area contributed by atoms with Gasteiger partial charge in [0, 0.05) is 5.92 Å². The van der Waals surface area contributed by atoms with Gasteiger partial charge in [-0.15, -0.1) is 10.2 Å². The fraction of sp³-hybridized carbons (Fsp3) is 0.750. The van der Waals surface area contributed by atoms with Crippen molar-refractivity contribution in [1.29, 1.82) is 0 Å². The van der Waals surface area contributed by atoms with Gasteiger partial charge in [-0.1, -0.05) is 24.7 Å². The Balaban J connectivity index is 1.63. The predicted molar refractivity (Wildman–Crippen MR) is 66.9 cm³/mol. The number of fused-ring (bicyclic) bond motifs is 2. The molecular weight excluding hydrogens is 234 g/mol. The van der Waals surface area contributed by atoms with Gasteiger partial charge in [0.1, 0.15) is 5.01 Å². The second kappa shape index (κ2) is 4.37. The third-order valence-corrected chi connectivity index (χ3v) is 5.06. The summed E-state index contributed by atoms with van der Waals surface area (Å²) in [6, 6.07) is 0. The van der Waals surface area contributed by atoms with Crippen LogP contribution in [0.2, 0.25) is 0 Å². The summed E-state index contributed by atoms with van der Waals surface area (Å²) in [4.78, 5) is 12.1. The van der Waals surface area contributed by atoms with E-state index in [2.05, 4.69) is 15.5 Å². The van der Waals surface area contributed by atoms with E-state index in [1.54, 1.807) is 0 Å². The van der Waals surface area contributed by atoms with Gasteiger partial charge in [0.2, 0.25) is 11.0 Å². The van der Waals surface area contributed by atoms with E-state index >= 15 is 0 Å². The van der Waals surface area contributed by atoms with E-state index in [1.807, 2.05) is 6.92 Å². The highest BCUT2D eigenvalue weighted by atomic mass is 32.1. The lowest BCUT2D eigenvalue weighted by Gasteiger charge is -2.19. The number of aryl methyl sites for hydroxylation is 1. The molecule has 1 aromatic rings. The monoisotopic (exact) mass is 251 g/mol. The smallest absolute Gasteiger partial charge is 0.229 e. The highest BCUT2D eigenvalue weighted by molar-refractivity contribution is 7.15. The lowest BCUT2D eigenvalue weighted by atomic mass is 9.88. The molecule has 1 aromatic heterocycles. The molecule has 3 atom stereocenters. The molecule has 17 heavy (non-hydrogen) atoms. The van der Waals surface area contributed by atoms with Crippen LogP contribution in [-0.4, -0.2) is 16.1 Å². The van der Waals surface area contributed by atoms with E-state index < -0.39 is 0 Å². The van der Waals surface area contributed by atoms with Crippen molar-refractivity contribution in [2.24, 2.45) is 17.8 Å². The highest BCUT2D eigenvalue weighted by Gasteiger charge is 2.43. The number of nitrogens with one attached hydrogen (secondary N) is 1. The molecule has 2 saturated carbocycles. The number of hydrogen-bond acceptors (Lipinski definition) is 4. The molecule has 0 unspecified atom stereocenters. The first-order valence-electron chi connectivity index (χ1n) is 6.39. The fourth-order valence-corrected chi connectivity index (χ4v) is 3.89. The average Bonchev–Trinajstić information content (AvgIpc) is 3.04. The van der Waals surface area contributed by atoms with Gasteiger partial charge in [-0.05, 0) is 37.5 Å². The third kappa shape index (κ3) is 2.08. The first-order valence-corrected chi connectivity index (χ1v) is 7.21. The first-order chi connectivity index (χ1) is 8.26. The molecule has 0 aromatic carbocycles. The summed E-state index contributed by atoms with van der Waals surface area (Å²) >= 11 is 1.49. The van der Waals surface area contributed by atoms with Crippen LogP contribution in [0.4, 0.5) is 5.13 Å². The Morgan fingerprint density at radius 2 is 2.29 bits per heavy atom. The molecule has 2 bridgehead atoms. The number of anilines is 1. The van der Waals surface area contributed by atoms with E-state index in [0.29, 0.717) is 11.0 Å². The van der Waals surface area contributed by atoms with Crippen molar-refractivity contribution in [3.63, 3.8) is 0 Å². The molecule has 0 saturated heterocycles. The molecule has 4 nitrogen and oxygen atoms in total. The SMILES string of the molecule is CCc1nnc(NC(=O)[C@H]2C[C@H]3CC[C@@H]2C3)s1. The van der Waals surface area contributed by atoms with Crippen molar-refractivity contribution in [2.75, 3.05) is 5.32 Å². The van der Waals surface area contributed by atoms with Gasteiger partial charge in [0.15, 0.2) is 0 Å². The van der Waals surface area contributed by atoms with Gasteiger partial charge in [0.05, 0.1) is 0 Å². The van der Waals surface area contributed by atoms with Crippen LogP contribution in [0.15, 0.2) is 0 Å². The Kier molecular flexibility index (Phi) is 2.86. The summed E-state index contributed by atoms with van der Waals surface area (Å²) in [6.07, 6.45) is 5.78. The van der Waals surface area contributed by atoms with Crippen molar-refractivity contribution >= 4 is 22.4 Å². The van der Waals surface area contributed by atoms with Crippen molar-refractivity contribution in [3.05, 3.63) is 5.01 Å². The second-order valence-electron chi connectivity index (χ2n) is 5.13. The fourth-order valence-electron chi connectivity index (χ4n) is 3.21. The molecule has 1 heterocycles. The van der Waals surface area contributed by atoms with Crippen molar-refractivity contribution in [1.82, 2.24) is 10.2 Å². The number of aromatic nitrogens is 2. The van der Waals surface area contributed by atoms with Crippen LogP contribution in [0.25, 0.3) is 0 Å². The topological polar surface area (TPSA) is 54.9 Å². The van der Waals surface area contributed by atoms with Crippen LogP contribution in [0.1, 0.15) is 37.6 Å². The van der Waals surface area contributed by atoms with Crippen molar-refractivity contribution in [2.45, 2.75) is 39.0 Å². The maximum absolute atomic E-state index is 12.1. The Morgan fingerprint density at radius 3 is 2.88 bits per heavy atom. The van der Waals surface area contributed by atoms with Crippen LogP contribution >= 0.6 is 11.3 Å². The van der Waals surface area contributed by atoms with Crippen LogP contribution in [-0.2, 0) is 11.2 Å². The minimum Gasteiger partial charge on any atom is -0.300 e. The normalized spacial score (nSPS) is 30.8. The molecule has 2 aliphatic rings. The summed E-state index contributed by atoms with van der Waals surface area (Å²) in [5.74, 6) is 1.81. The molecule has 2 fully saturated rings. The predicted octanol–water partition coefficient (Wildman–Crippen LogP) is 2.48. The maximum atomic E-state index is 12.1. The number of carbonyl (C=O) groups is 1. The Morgan fingerprint density at radius 1 is 1.41 bits per heavy atom. The molecule has 2 aliphatic carbocycles. The van der Waals surface area contributed by atoms with E-state index in [-0.39, 0.29) is 11.8 Å². The van der Waals surface area contributed by atoms with Gasteiger partial charge in [-0.2, -0.15) is 0 Å². The molecule has 5 heteroatoms. The zero-order valence-corrected chi connectivity index (χ0v) is 10.8. The van der Waals surface area contributed by atoms with Crippen molar-refractivity contribution in [3.8, 4) is 0 Å². The third-order valence-electron chi connectivity index (χ3n) is 4.07. The Bertz CT molecular complexity index is 431. The van der Waals surface area contributed by atoms with Gasteiger partial charge in [-0.25, -0.2) is 0 Å². The van der Waals surface area contributed by atoms with Crippen LogP contribution < -0.4 is 5.32 Å². The van der Waals surface area contributed by atoms with E-state index in [9.17, 15) is 4.79 Å². The highest BCUT2D eigenvalue weighted by Crippen LogP contribution is 2.48. The van der Waals surface area contributed by atoms with Crippen molar-refractivity contribution < 1.29 is 4.79 Å². The number of amides is 1. The number of nitrogens with zero attached hydrogens (tertiary/aromatic N) is 2. The van der Waals surface area contributed by atoms with E-state index in [4.69, 9.17) is 0 Å². The van der Waals surface area contributed by atoms with Crippen LogP contribution in [0.5, 0.6) is 0 Å². The van der Waals surface area contributed by atoms with Gasteiger partial charge in [-0.3, -0.25) is 4.79 Å². The molecular formula is C12H17N3OS. The number of hydrogen-bond donors (Lipinski definition) is 1. The first kappa shape index (κ1) is 11.1. The minimum absolute atomic E-state index is 0.163. The zero-order chi connectivity index (χ0) is 11.8. The average molecular weight is 251 g/mol. The largest absolute Gasteiger partial charge is 0.300 e. The Labute approximate surface area is 105 Å². The van der Waals surface area contributed by atoms with Crippen LogP contribution in [0, 0.1) is 17.8 Å². The molecule has 0 aliphatic heterocycles. The summed E-state index contributed by atoms with van der Waals surface area (Å²) < 4.78 is 0. The molecule has 1 N–H and O–H groups in total. The second-order valence-corrected chi connectivity index (χ2v) is 6.19. The summed E-state index contributed by atoms with van der Waals surface area (Å²) in [7, 11) is 0.